The molecule has 2 fully saturated rings. The summed E-state index contributed by atoms with van der Waals surface area (Å²) < 4.78 is 5.02. The quantitative estimate of drug-likeness (QED) is 0.578. The van der Waals surface area contributed by atoms with E-state index >= 15 is 0 Å². The minimum atomic E-state index is -0.388. The average molecular weight is 378 g/mol. The molecule has 0 aromatic carbocycles. The lowest BCUT2D eigenvalue weighted by molar-refractivity contribution is -0.383. The van der Waals surface area contributed by atoms with Crippen LogP contribution in [0.2, 0.25) is 0 Å². The molecule has 27 heavy (non-hydrogen) atoms. The van der Waals surface area contributed by atoms with E-state index in [0.717, 1.165) is 25.9 Å². The second-order valence-electron chi connectivity index (χ2n) is 6.97. The topological polar surface area (TPSA) is 105 Å². The predicted molar refractivity (Wildman–Crippen MR) is 100 cm³/mol. The molecule has 2 aliphatic rings. The number of hydrogen-bond donors (Lipinski definition) is 0. The SMILES string of the molecule is CCOC(=O)N1CCN(c2ncnc(N3CCC(C)CC3)c2[N+](=O)[O-])CC1. The summed E-state index contributed by atoms with van der Waals surface area (Å²) in [5.74, 6) is 1.34. The van der Waals surface area contributed by atoms with Gasteiger partial charge in [0.05, 0.1) is 11.5 Å². The van der Waals surface area contributed by atoms with Crippen molar-refractivity contribution in [2.75, 3.05) is 55.7 Å². The molecule has 0 radical (unpaired) electrons. The van der Waals surface area contributed by atoms with E-state index in [-0.39, 0.29) is 16.7 Å². The molecule has 3 heterocycles. The monoisotopic (exact) mass is 378 g/mol. The van der Waals surface area contributed by atoms with Crippen molar-refractivity contribution in [3.8, 4) is 0 Å². The molecule has 0 spiro atoms. The number of ether oxygens (including phenoxy) is 1. The van der Waals surface area contributed by atoms with Crippen molar-refractivity contribution in [2.24, 2.45) is 5.92 Å². The Labute approximate surface area is 158 Å². The predicted octanol–water partition coefficient (Wildman–Crippen LogP) is 1.90. The van der Waals surface area contributed by atoms with Crippen LogP contribution in [0.4, 0.5) is 22.1 Å². The van der Waals surface area contributed by atoms with Gasteiger partial charge in [-0.3, -0.25) is 10.1 Å². The van der Waals surface area contributed by atoms with Gasteiger partial charge in [0, 0.05) is 39.3 Å². The van der Waals surface area contributed by atoms with Crippen molar-refractivity contribution >= 4 is 23.4 Å². The molecule has 0 bridgehead atoms. The van der Waals surface area contributed by atoms with Crippen molar-refractivity contribution in [1.82, 2.24) is 14.9 Å². The summed E-state index contributed by atoms with van der Waals surface area (Å²) in [5.41, 5.74) is -0.0448. The van der Waals surface area contributed by atoms with E-state index in [2.05, 4.69) is 16.9 Å². The highest BCUT2D eigenvalue weighted by Gasteiger charge is 2.33. The van der Waals surface area contributed by atoms with Crippen LogP contribution >= 0.6 is 0 Å². The summed E-state index contributed by atoms with van der Waals surface area (Å²) in [5, 5.41) is 11.8. The Hall–Kier alpha value is -2.65. The normalized spacial score (nSPS) is 18.5. The number of amides is 1. The molecule has 1 aromatic heterocycles. The molecule has 2 saturated heterocycles. The minimum absolute atomic E-state index is 0.0448. The van der Waals surface area contributed by atoms with Gasteiger partial charge in [-0.05, 0) is 25.7 Å². The lowest BCUT2D eigenvalue weighted by Crippen LogP contribution is -2.49. The maximum absolute atomic E-state index is 11.8. The van der Waals surface area contributed by atoms with Crippen molar-refractivity contribution < 1.29 is 14.5 Å². The number of hydrogen-bond acceptors (Lipinski definition) is 8. The van der Waals surface area contributed by atoms with E-state index in [1.165, 1.54) is 6.33 Å². The van der Waals surface area contributed by atoms with Gasteiger partial charge in [0.15, 0.2) is 0 Å². The van der Waals surface area contributed by atoms with E-state index in [0.29, 0.717) is 50.3 Å². The van der Waals surface area contributed by atoms with Crippen LogP contribution in [-0.4, -0.2) is 71.8 Å². The van der Waals surface area contributed by atoms with Crippen molar-refractivity contribution in [3.05, 3.63) is 16.4 Å². The van der Waals surface area contributed by atoms with E-state index < -0.39 is 0 Å². The number of carbonyl (C=O) groups excluding carboxylic acids is 1. The molecule has 0 saturated carbocycles. The molecule has 148 valence electrons. The first-order chi connectivity index (χ1) is 13.0. The first kappa shape index (κ1) is 19.1. The van der Waals surface area contributed by atoms with Crippen LogP contribution in [0.3, 0.4) is 0 Å². The Kier molecular flexibility index (Phi) is 5.92. The Morgan fingerprint density at radius 2 is 1.70 bits per heavy atom. The maximum atomic E-state index is 11.8. The third-order valence-electron chi connectivity index (χ3n) is 5.15. The van der Waals surface area contributed by atoms with Gasteiger partial charge in [-0.2, -0.15) is 0 Å². The van der Waals surface area contributed by atoms with E-state index in [1.807, 2.05) is 9.80 Å². The Balaban J connectivity index is 1.79. The molecule has 0 N–H and O–H groups in total. The van der Waals surface area contributed by atoms with Crippen LogP contribution in [0, 0.1) is 16.0 Å². The number of rotatable bonds is 4. The molecule has 0 atom stereocenters. The van der Waals surface area contributed by atoms with Gasteiger partial charge in [0.25, 0.3) is 0 Å². The molecular weight excluding hydrogens is 352 g/mol. The van der Waals surface area contributed by atoms with Crippen LogP contribution in [-0.2, 0) is 4.74 Å². The molecule has 2 aliphatic heterocycles. The third-order valence-corrected chi connectivity index (χ3v) is 5.15. The van der Waals surface area contributed by atoms with E-state index in [9.17, 15) is 14.9 Å². The second-order valence-corrected chi connectivity index (χ2v) is 6.97. The molecule has 10 heteroatoms. The van der Waals surface area contributed by atoms with Crippen LogP contribution < -0.4 is 9.80 Å². The first-order valence-corrected chi connectivity index (χ1v) is 9.42. The van der Waals surface area contributed by atoms with Gasteiger partial charge in [-0.25, -0.2) is 14.8 Å². The molecule has 0 aliphatic carbocycles. The van der Waals surface area contributed by atoms with Crippen molar-refractivity contribution in [1.29, 1.82) is 0 Å². The second kappa shape index (κ2) is 8.36. The van der Waals surface area contributed by atoms with Gasteiger partial charge < -0.3 is 19.4 Å². The summed E-state index contributed by atoms with van der Waals surface area (Å²) >= 11 is 0. The zero-order valence-corrected chi connectivity index (χ0v) is 15.8. The summed E-state index contributed by atoms with van der Waals surface area (Å²) in [7, 11) is 0. The van der Waals surface area contributed by atoms with Crippen molar-refractivity contribution in [3.63, 3.8) is 0 Å². The highest BCUT2D eigenvalue weighted by atomic mass is 16.6. The molecule has 0 unspecified atom stereocenters. The average Bonchev–Trinajstić information content (AvgIpc) is 2.68. The number of piperidine rings is 1. The highest BCUT2D eigenvalue weighted by Crippen LogP contribution is 2.36. The molecule has 1 aromatic rings. The molecule has 3 rings (SSSR count). The Bertz CT molecular complexity index is 684. The number of nitro groups is 1. The van der Waals surface area contributed by atoms with E-state index in [4.69, 9.17) is 4.74 Å². The van der Waals surface area contributed by atoms with Gasteiger partial charge in [-0.1, -0.05) is 6.92 Å². The number of anilines is 2. The lowest BCUT2D eigenvalue weighted by atomic mass is 9.99. The fourth-order valence-corrected chi connectivity index (χ4v) is 3.52. The van der Waals surface area contributed by atoms with Gasteiger partial charge in [0.1, 0.15) is 6.33 Å². The molecule has 1 amide bonds. The van der Waals surface area contributed by atoms with Crippen molar-refractivity contribution in [2.45, 2.75) is 26.7 Å². The minimum Gasteiger partial charge on any atom is -0.450 e. The summed E-state index contributed by atoms with van der Waals surface area (Å²) in [6.07, 6.45) is 3.04. The number of piperazine rings is 1. The number of nitrogens with zero attached hydrogens (tertiary/aromatic N) is 6. The summed E-state index contributed by atoms with van der Waals surface area (Å²) in [6.45, 7) is 7.62. The zero-order valence-electron chi connectivity index (χ0n) is 15.8. The fourth-order valence-electron chi connectivity index (χ4n) is 3.52. The largest absolute Gasteiger partial charge is 0.450 e. The number of carbonyl (C=O) groups is 1. The maximum Gasteiger partial charge on any atom is 0.409 e. The lowest BCUT2D eigenvalue weighted by Gasteiger charge is -2.35. The van der Waals surface area contributed by atoms with Gasteiger partial charge in [0.2, 0.25) is 11.6 Å². The molecular formula is C17H26N6O4. The molecule has 10 nitrogen and oxygen atoms in total. The van der Waals surface area contributed by atoms with Crippen LogP contribution in [0.1, 0.15) is 26.7 Å². The Morgan fingerprint density at radius 1 is 1.15 bits per heavy atom. The van der Waals surface area contributed by atoms with Gasteiger partial charge in [-0.15, -0.1) is 0 Å². The van der Waals surface area contributed by atoms with Crippen LogP contribution in [0.5, 0.6) is 0 Å². The Morgan fingerprint density at radius 3 is 2.22 bits per heavy atom. The number of aromatic nitrogens is 2. The zero-order chi connectivity index (χ0) is 19.4. The smallest absolute Gasteiger partial charge is 0.409 e. The third kappa shape index (κ3) is 4.20. The van der Waals surface area contributed by atoms with Crippen LogP contribution in [0.25, 0.3) is 0 Å². The van der Waals surface area contributed by atoms with Gasteiger partial charge >= 0.3 is 11.8 Å². The summed E-state index contributed by atoms with van der Waals surface area (Å²) in [4.78, 5) is 37.2. The van der Waals surface area contributed by atoms with E-state index in [1.54, 1.807) is 11.8 Å². The summed E-state index contributed by atoms with van der Waals surface area (Å²) in [6, 6.07) is 0. The van der Waals surface area contributed by atoms with Crippen LogP contribution in [0.15, 0.2) is 6.33 Å². The standard InChI is InChI=1S/C17H26N6O4/c1-3-27-17(24)22-10-8-21(9-11-22)16-14(23(25)26)15(18-12-19-16)20-6-4-13(2)5-7-20/h12-13H,3-11H2,1-2H3. The first-order valence-electron chi connectivity index (χ1n) is 9.42. The fraction of sp³-hybridized carbons (Fsp3) is 0.706. The highest BCUT2D eigenvalue weighted by molar-refractivity contribution is 5.72.